The van der Waals surface area contributed by atoms with E-state index in [1.807, 2.05) is 81.6 Å². The number of ether oxygens (including phenoxy) is 1. The molecule has 34 heavy (non-hydrogen) atoms. The molecule has 0 spiro atoms. The fourth-order valence-electron chi connectivity index (χ4n) is 4.58. The van der Waals surface area contributed by atoms with Gasteiger partial charge in [-0.2, -0.15) is 0 Å². The second-order valence-corrected chi connectivity index (χ2v) is 9.53. The number of carbonyl (C=O) groups is 1. The van der Waals surface area contributed by atoms with Gasteiger partial charge in [-0.1, -0.05) is 91.0 Å². The summed E-state index contributed by atoms with van der Waals surface area (Å²) < 4.78 is 5.45. The van der Waals surface area contributed by atoms with E-state index in [-0.39, 0.29) is 19.1 Å². The van der Waals surface area contributed by atoms with Gasteiger partial charge < -0.3 is 9.64 Å². The quantitative estimate of drug-likeness (QED) is 0.354. The summed E-state index contributed by atoms with van der Waals surface area (Å²) in [6.45, 7) is 5.83. The molecule has 0 bridgehead atoms. The first-order chi connectivity index (χ1) is 16.3. The molecule has 0 aliphatic carbocycles. The fraction of sp³-hybridized carbons (Fsp3) is 0.276. The minimum atomic E-state index is -0.668. The number of rotatable bonds is 7. The highest BCUT2D eigenvalue weighted by Crippen LogP contribution is 2.44. The van der Waals surface area contributed by atoms with Gasteiger partial charge in [0.1, 0.15) is 17.8 Å². The van der Waals surface area contributed by atoms with Crippen LogP contribution in [0.5, 0.6) is 0 Å². The second-order valence-electron chi connectivity index (χ2n) is 9.53. The summed E-state index contributed by atoms with van der Waals surface area (Å²) in [4.78, 5) is 14.5. The minimum absolute atomic E-state index is 0.197. The van der Waals surface area contributed by atoms with Crippen molar-refractivity contribution in [3.05, 3.63) is 120 Å². The summed E-state index contributed by atoms with van der Waals surface area (Å²) in [5.74, 6) is -0.277. The molecule has 0 unspecified atom stereocenters. The smallest absolute Gasteiger partial charge is 0.306 e. The van der Waals surface area contributed by atoms with Crippen molar-refractivity contribution < 1.29 is 14.7 Å². The molecular weight excluding hydrogens is 424 g/mol. The van der Waals surface area contributed by atoms with Crippen molar-refractivity contribution in [2.24, 2.45) is 0 Å². The van der Waals surface area contributed by atoms with Crippen molar-refractivity contribution in [3.63, 3.8) is 0 Å². The summed E-state index contributed by atoms with van der Waals surface area (Å²) in [5.41, 5.74) is 2.74. The molecule has 0 saturated heterocycles. The molecule has 1 aliphatic rings. The number of hydrogen-bond acceptors (Lipinski definition) is 5. The first kappa shape index (κ1) is 23.6. The van der Waals surface area contributed by atoms with E-state index in [0.29, 0.717) is 12.1 Å². The van der Waals surface area contributed by atoms with E-state index in [1.165, 1.54) is 5.06 Å². The molecule has 5 nitrogen and oxygen atoms in total. The summed E-state index contributed by atoms with van der Waals surface area (Å²) in [5, 5.41) is 12.1. The Balaban J connectivity index is 1.78. The Labute approximate surface area is 201 Å². The predicted octanol–water partition coefficient (Wildman–Crippen LogP) is 5.91. The van der Waals surface area contributed by atoms with Crippen molar-refractivity contribution in [1.29, 1.82) is 0 Å². The van der Waals surface area contributed by atoms with Crippen LogP contribution in [0.2, 0.25) is 0 Å². The van der Waals surface area contributed by atoms with Crippen molar-refractivity contribution in [2.75, 3.05) is 6.67 Å². The standard InChI is InChI=1S/C29H32N2O3/c1-28(2,3)34-27(32)20-19-26-21-30(22-31(26)33)29(23-13-7-4-8-14-23,24-15-9-5-10-16-24)25-17-11-6-12-18-25/h4-18,21,33H,19-20,22H2,1-3H3. The Bertz CT molecular complexity index is 1030. The number of benzene rings is 3. The van der Waals surface area contributed by atoms with Crippen LogP contribution in [-0.2, 0) is 15.1 Å². The summed E-state index contributed by atoms with van der Waals surface area (Å²) in [6.07, 6.45) is 2.55. The summed E-state index contributed by atoms with van der Waals surface area (Å²) in [6, 6.07) is 31.0. The van der Waals surface area contributed by atoms with E-state index in [2.05, 4.69) is 41.3 Å². The van der Waals surface area contributed by atoms with E-state index in [9.17, 15) is 10.0 Å². The third kappa shape index (κ3) is 4.85. The van der Waals surface area contributed by atoms with Gasteiger partial charge in [0.15, 0.2) is 0 Å². The van der Waals surface area contributed by atoms with Crippen LogP contribution in [0, 0.1) is 0 Å². The number of hydrogen-bond donors (Lipinski definition) is 1. The number of nitrogens with zero attached hydrogens (tertiary/aromatic N) is 2. The van der Waals surface area contributed by atoms with Crippen molar-refractivity contribution in [3.8, 4) is 0 Å². The zero-order chi connectivity index (χ0) is 24.2. The molecule has 3 aromatic carbocycles. The van der Waals surface area contributed by atoms with E-state index in [1.54, 1.807) is 0 Å². The van der Waals surface area contributed by atoms with Gasteiger partial charge in [-0.15, -0.1) is 0 Å². The highest BCUT2D eigenvalue weighted by atomic mass is 16.6. The molecule has 1 heterocycles. The highest BCUT2D eigenvalue weighted by Gasteiger charge is 2.44. The largest absolute Gasteiger partial charge is 0.460 e. The average molecular weight is 457 g/mol. The predicted molar refractivity (Wildman–Crippen MR) is 133 cm³/mol. The van der Waals surface area contributed by atoms with Crippen molar-refractivity contribution in [1.82, 2.24) is 9.96 Å². The Morgan fingerprint density at radius 1 is 0.824 bits per heavy atom. The van der Waals surface area contributed by atoms with Gasteiger partial charge >= 0.3 is 5.97 Å². The zero-order valence-corrected chi connectivity index (χ0v) is 20.0. The molecule has 176 valence electrons. The Kier molecular flexibility index (Phi) is 6.75. The Morgan fingerprint density at radius 2 is 1.26 bits per heavy atom. The maximum Gasteiger partial charge on any atom is 0.306 e. The first-order valence-corrected chi connectivity index (χ1v) is 11.6. The van der Waals surface area contributed by atoms with Gasteiger partial charge in [-0.25, -0.2) is 5.06 Å². The maximum atomic E-state index is 12.3. The van der Waals surface area contributed by atoms with E-state index in [0.717, 1.165) is 16.7 Å². The summed E-state index contributed by atoms with van der Waals surface area (Å²) in [7, 11) is 0. The number of esters is 1. The summed E-state index contributed by atoms with van der Waals surface area (Å²) >= 11 is 0. The second kappa shape index (κ2) is 9.74. The maximum absolute atomic E-state index is 12.3. The van der Waals surface area contributed by atoms with Crippen LogP contribution in [-0.4, -0.2) is 33.4 Å². The normalized spacial score (nSPS) is 14.2. The molecule has 0 aromatic heterocycles. The lowest BCUT2D eigenvalue weighted by Gasteiger charge is -2.43. The molecule has 0 radical (unpaired) electrons. The lowest BCUT2D eigenvalue weighted by atomic mass is 9.76. The van der Waals surface area contributed by atoms with Crippen LogP contribution in [0.3, 0.4) is 0 Å². The van der Waals surface area contributed by atoms with E-state index >= 15 is 0 Å². The lowest BCUT2D eigenvalue weighted by molar-refractivity contribution is -0.155. The third-order valence-electron chi connectivity index (χ3n) is 5.93. The number of carbonyl (C=O) groups excluding carboxylic acids is 1. The van der Waals surface area contributed by atoms with Gasteiger partial charge in [0, 0.05) is 12.6 Å². The van der Waals surface area contributed by atoms with Crippen LogP contribution < -0.4 is 0 Å². The molecule has 0 saturated carbocycles. The van der Waals surface area contributed by atoms with Gasteiger partial charge in [-0.3, -0.25) is 10.0 Å². The monoisotopic (exact) mass is 456 g/mol. The molecule has 5 heteroatoms. The van der Waals surface area contributed by atoms with Gasteiger partial charge in [0.2, 0.25) is 0 Å². The van der Waals surface area contributed by atoms with E-state index < -0.39 is 11.1 Å². The van der Waals surface area contributed by atoms with Gasteiger partial charge in [0.05, 0.1) is 12.1 Å². The minimum Gasteiger partial charge on any atom is -0.460 e. The molecule has 4 rings (SSSR count). The zero-order valence-electron chi connectivity index (χ0n) is 20.0. The molecule has 0 fully saturated rings. The van der Waals surface area contributed by atoms with Crippen LogP contribution >= 0.6 is 0 Å². The third-order valence-corrected chi connectivity index (χ3v) is 5.93. The lowest BCUT2D eigenvalue weighted by Crippen LogP contribution is -2.46. The molecule has 0 atom stereocenters. The van der Waals surface area contributed by atoms with Gasteiger partial charge in [0.25, 0.3) is 0 Å². The highest BCUT2D eigenvalue weighted by molar-refractivity contribution is 5.70. The Hall–Kier alpha value is -3.57. The molecule has 1 aliphatic heterocycles. The first-order valence-electron chi connectivity index (χ1n) is 11.6. The van der Waals surface area contributed by atoms with Crippen LogP contribution in [0.25, 0.3) is 0 Å². The van der Waals surface area contributed by atoms with Crippen LogP contribution in [0.15, 0.2) is 103 Å². The van der Waals surface area contributed by atoms with Gasteiger partial charge in [-0.05, 0) is 37.5 Å². The molecular formula is C29H32N2O3. The Morgan fingerprint density at radius 3 is 1.68 bits per heavy atom. The van der Waals surface area contributed by atoms with E-state index in [4.69, 9.17) is 4.74 Å². The number of allylic oxidation sites excluding steroid dienone is 1. The topological polar surface area (TPSA) is 53.0 Å². The van der Waals surface area contributed by atoms with Crippen molar-refractivity contribution in [2.45, 2.75) is 44.8 Å². The average Bonchev–Trinajstić information content (AvgIpc) is 3.20. The molecule has 0 amide bonds. The fourth-order valence-corrected chi connectivity index (χ4v) is 4.58. The molecule has 1 N–H and O–H groups in total. The SMILES string of the molecule is CC(C)(C)OC(=O)CCC1=CN(C(c2ccccc2)(c2ccccc2)c2ccccc2)CN1O. The molecule has 3 aromatic rings. The van der Waals surface area contributed by atoms with Crippen molar-refractivity contribution >= 4 is 5.97 Å². The number of hydroxylamine groups is 2. The van der Waals surface area contributed by atoms with Crippen LogP contribution in [0.4, 0.5) is 0 Å². The van der Waals surface area contributed by atoms with Crippen LogP contribution in [0.1, 0.15) is 50.3 Å².